The SMILES string of the molecule is Cc1nc(-c2nnn(C)c2COC(=O)N(C)CCC(C)C)cnc1O[C@H]1CCC[C@H](C(=O)O)C1. The number of carboxylic acid groups (broad SMARTS) is 1. The van der Waals surface area contributed by atoms with Crippen molar-refractivity contribution in [3.05, 3.63) is 17.6 Å². The van der Waals surface area contributed by atoms with E-state index in [4.69, 9.17) is 9.47 Å². The van der Waals surface area contributed by atoms with Gasteiger partial charge in [0.1, 0.15) is 35.5 Å². The van der Waals surface area contributed by atoms with E-state index in [1.165, 1.54) is 0 Å². The van der Waals surface area contributed by atoms with E-state index in [0.717, 1.165) is 19.3 Å². The third-order valence-corrected chi connectivity index (χ3v) is 6.03. The number of aryl methyl sites for hydroxylation is 2. The molecule has 0 saturated heterocycles. The average Bonchev–Trinajstić information content (AvgIpc) is 3.17. The molecular weight excluding hydrogens is 440 g/mol. The maximum Gasteiger partial charge on any atom is 0.409 e. The van der Waals surface area contributed by atoms with Gasteiger partial charge in [0.05, 0.1) is 12.1 Å². The average molecular weight is 475 g/mol. The van der Waals surface area contributed by atoms with Crippen LogP contribution >= 0.6 is 0 Å². The Hall–Kier alpha value is -3.24. The molecule has 2 heterocycles. The summed E-state index contributed by atoms with van der Waals surface area (Å²) in [6.45, 7) is 6.61. The van der Waals surface area contributed by atoms with Gasteiger partial charge in [0, 0.05) is 20.6 Å². The third-order valence-electron chi connectivity index (χ3n) is 6.03. The summed E-state index contributed by atoms with van der Waals surface area (Å²) in [6.07, 6.45) is 4.56. The van der Waals surface area contributed by atoms with Crippen LogP contribution in [0.3, 0.4) is 0 Å². The Kier molecular flexibility index (Phi) is 8.41. The monoisotopic (exact) mass is 474 g/mol. The Bertz CT molecular complexity index is 1010. The van der Waals surface area contributed by atoms with Crippen molar-refractivity contribution in [2.45, 2.75) is 65.6 Å². The number of amides is 1. The minimum Gasteiger partial charge on any atom is -0.481 e. The van der Waals surface area contributed by atoms with Crippen molar-refractivity contribution in [1.82, 2.24) is 29.9 Å². The Morgan fingerprint density at radius 3 is 2.76 bits per heavy atom. The van der Waals surface area contributed by atoms with E-state index >= 15 is 0 Å². The van der Waals surface area contributed by atoms with Crippen molar-refractivity contribution in [2.75, 3.05) is 13.6 Å². The number of ether oxygens (including phenoxy) is 2. The zero-order chi connectivity index (χ0) is 24.8. The standard InChI is InChI=1S/C23H34N6O5/c1-14(2)9-10-28(4)23(32)33-13-19-20(26-27-29(19)5)18-12-24-21(15(3)25-18)34-17-8-6-7-16(11-17)22(30)31/h12,14,16-17H,6-11,13H2,1-5H3,(H,30,31)/t16-,17-/m0/s1. The lowest BCUT2D eigenvalue weighted by Gasteiger charge is -2.27. The largest absolute Gasteiger partial charge is 0.481 e. The van der Waals surface area contributed by atoms with Crippen LogP contribution < -0.4 is 4.74 Å². The molecule has 0 aliphatic heterocycles. The Morgan fingerprint density at radius 2 is 2.09 bits per heavy atom. The fourth-order valence-corrected chi connectivity index (χ4v) is 3.86. The summed E-state index contributed by atoms with van der Waals surface area (Å²) in [6, 6.07) is 0. The van der Waals surface area contributed by atoms with Gasteiger partial charge >= 0.3 is 12.1 Å². The molecule has 34 heavy (non-hydrogen) atoms. The summed E-state index contributed by atoms with van der Waals surface area (Å²) in [4.78, 5) is 34.2. The van der Waals surface area contributed by atoms with E-state index in [-0.39, 0.29) is 18.6 Å². The predicted molar refractivity (Wildman–Crippen MR) is 123 cm³/mol. The highest BCUT2D eigenvalue weighted by molar-refractivity contribution is 5.70. The number of aliphatic carboxylic acids is 1. The number of carbonyl (C=O) groups excluding carboxylic acids is 1. The van der Waals surface area contributed by atoms with Gasteiger partial charge in [-0.3, -0.25) is 4.79 Å². The molecule has 1 N–H and O–H groups in total. The molecule has 1 aliphatic carbocycles. The molecule has 0 unspecified atom stereocenters. The van der Waals surface area contributed by atoms with E-state index in [2.05, 4.69) is 34.1 Å². The van der Waals surface area contributed by atoms with Crippen LogP contribution in [0.1, 0.15) is 57.3 Å². The molecule has 1 fully saturated rings. The van der Waals surface area contributed by atoms with Crippen LogP contribution in [-0.4, -0.2) is 66.7 Å². The second-order valence-corrected chi connectivity index (χ2v) is 9.25. The van der Waals surface area contributed by atoms with Crippen LogP contribution in [-0.2, 0) is 23.2 Å². The van der Waals surface area contributed by atoms with Gasteiger partial charge in [0.2, 0.25) is 5.88 Å². The van der Waals surface area contributed by atoms with Gasteiger partial charge in [0.15, 0.2) is 0 Å². The lowest BCUT2D eigenvalue weighted by molar-refractivity contribution is -0.143. The molecular formula is C23H34N6O5. The molecule has 2 atom stereocenters. The number of hydrogen-bond acceptors (Lipinski definition) is 8. The summed E-state index contributed by atoms with van der Waals surface area (Å²) >= 11 is 0. The number of carbonyl (C=O) groups is 2. The van der Waals surface area contributed by atoms with Gasteiger partial charge in [0.25, 0.3) is 0 Å². The zero-order valence-corrected chi connectivity index (χ0v) is 20.5. The first-order valence-electron chi connectivity index (χ1n) is 11.7. The summed E-state index contributed by atoms with van der Waals surface area (Å²) in [5.41, 5.74) is 2.14. The Morgan fingerprint density at radius 1 is 1.32 bits per heavy atom. The van der Waals surface area contributed by atoms with Crippen molar-refractivity contribution in [3.8, 4) is 17.3 Å². The maximum atomic E-state index is 12.3. The van der Waals surface area contributed by atoms with E-state index in [1.54, 1.807) is 36.8 Å². The van der Waals surface area contributed by atoms with E-state index in [9.17, 15) is 14.7 Å². The number of nitrogens with zero attached hydrogens (tertiary/aromatic N) is 6. The summed E-state index contributed by atoms with van der Waals surface area (Å²) in [5, 5.41) is 17.5. The van der Waals surface area contributed by atoms with Crippen molar-refractivity contribution in [1.29, 1.82) is 0 Å². The quantitative estimate of drug-likeness (QED) is 0.581. The normalized spacial score (nSPS) is 18.1. The van der Waals surface area contributed by atoms with Crippen LogP contribution in [0.5, 0.6) is 5.88 Å². The molecule has 3 rings (SSSR count). The highest BCUT2D eigenvalue weighted by Gasteiger charge is 2.29. The van der Waals surface area contributed by atoms with Gasteiger partial charge in [-0.25, -0.2) is 19.4 Å². The van der Waals surface area contributed by atoms with Crippen molar-refractivity contribution < 1.29 is 24.2 Å². The molecule has 0 spiro atoms. The highest BCUT2D eigenvalue weighted by atomic mass is 16.6. The number of carboxylic acids is 1. The first-order valence-corrected chi connectivity index (χ1v) is 11.7. The molecule has 2 aromatic heterocycles. The minimum absolute atomic E-state index is 0.00130. The molecule has 0 radical (unpaired) electrons. The molecule has 11 heteroatoms. The molecule has 1 aliphatic rings. The van der Waals surface area contributed by atoms with Crippen molar-refractivity contribution >= 4 is 12.1 Å². The fraction of sp³-hybridized carbons (Fsp3) is 0.652. The topological polar surface area (TPSA) is 133 Å². The lowest BCUT2D eigenvalue weighted by atomic mass is 9.87. The van der Waals surface area contributed by atoms with Crippen LogP contribution in [0.25, 0.3) is 11.4 Å². The van der Waals surface area contributed by atoms with Crippen LogP contribution in [0.15, 0.2) is 6.20 Å². The van der Waals surface area contributed by atoms with Gasteiger partial charge in [-0.2, -0.15) is 0 Å². The van der Waals surface area contributed by atoms with Crippen LogP contribution in [0, 0.1) is 18.8 Å². The Balaban J connectivity index is 1.67. The molecule has 1 amide bonds. The van der Waals surface area contributed by atoms with E-state index in [0.29, 0.717) is 54.0 Å². The van der Waals surface area contributed by atoms with Crippen LogP contribution in [0.2, 0.25) is 0 Å². The second kappa shape index (κ2) is 11.3. The second-order valence-electron chi connectivity index (χ2n) is 9.25. The number of hydrogen-bond donors (Lipinski definition) is 1. The number of rotatable bonds is 9. The maximum absolute atomic E-state index is 12.3. The smallest absolute Gasteiger partial charge is 0.409 e. The Labute approximate surface area is 199 Å². The molecule has 0 aromatic carbocycles. The molecule has 11 nitrogen and oxygen atoms in total. The minimum atomic E-state index is -0.784. The van der Waals surface area contributed by atoms with Gasteiger partial charge in [-0.05, 0) is 44.9 Å². The summed E-state index contributed by atoms with van der Waals surface area (Å²) < 4.78 is 13.0. The van der Waals surface area contributed by atoms with Gasteiger partial charge in [-0.1, -0.05) is 19.1 Å². The van der Waals surface area contributed by atoms with Gasteiger partial charge in [-0.15, -0.1) is 5.10 Å². The van der Waals surface area contributed by atoms with Crippen LogP contribution in [0.4, 0.5) is 4.79 Å². The van der Waals surface area contributed by atoms with Crippen molar-refractivity contribution in [2.24, 2.45) is 18.9 Å². The summed E-state index contributed by atoms with van der Waals surface area (Å²) in [7, 11) is 3.44. The third kappa shape index (κ3) is 6.42. The zero-order valence-electron chi connectivity index (χ0n) is 20.5. The first kappa shape index (κ1) is 25.4. The lowest BCUT2D eigenvalue weighted by Crippen LogP contribution is -2.30. The molecule has 0 bridgehead atoms. The highest BCUT2D eigenvalue weighted by Crippen LogP contribution is 2.29. The predicted octanol–water partition coefficient (Wildman–Crippen LogP) is 3.22. The van der Waals surface area contributed by atoms with E-state index in [1.807, 2.05) is 0 Å². The first-order chi connectivity index (χ1) is 16.2. The fourth-order valence-electron chi connectivity index (χ4n) is 3.86. The molecule has 186 valence electrons. The number of aromatic nitrogens is 5. The van der Waals surface area contributed by atoms with Crippen molar-refractivity contribution in [3.63, 3.8) is 0 Å². The van der Waals surface area contributed by atoms with E-state index < -0.39 is 12.1 Å². The summed E-state index contributed by atoms with van der Waals surface area (Å²) in [5.74, 6) is -0.300. The van der Waals surface area contributed by atoms with Gasteiger partial charge < -0.3 is 19.5 Å². The molecule has 1 saturated carbocycles. The molecule has 2 aromatic rings.